The van der Waals surface area contributed by atoms with Gasteiger partial charge in [-0.2, -0.15) is 4.65 Å². The van der Waals surface area contributed by atoms with Crippen molar-refractivity contribution in [1.29, 1.82) is 0 Å². The lowest BCUT2D eigenvalue weighted by Gasteiger charge is -2.56. The zero-order chi connectivity index (χ0) is 17.2. The van der Waals surface area contributed by atoms with Gasteiger partial charge in [-0.05, 0) is 27.7 Å². The highest BCUT2D eigenvalue weighted by atomic mass is 16.6. The van der Waals surface area contributed by atoms with Crippen molar-refractivity contribution in [3.8, 4) is 0 Å². The van der Waals surface area contributed by atoms with Gasteiger partial charge < -0.3 is 19.7 Å². The van der Waals surface area contributed by atoms with Crippen LogP contribution in [0.4, 0.5) is 0 Å². The topological polar surface area (TPSA) is 96.2 Å². The summed E-state index contributed by atoms with van der Waals surface area (Å²) in [4.78, 5) is 11.2. The van der Waals surface area contributed by atoms with E-state index in [0.717, 1.165) is 0 Å². The Hall–Kier alpha value is -0.730. The van der Waals surface area contributed by atoms with E-state index in [0.29, 0.717) is 12.8 Å². The van der Waals surface area contributed by atoms with Crippen LogP contribution in [0.1, 0.15) is 40.5 Å². The second-order valence-electron chi connectivity index (χ2n) is 7.42. The number of carbonyl (C=O) groups is 1. The van der Waals surface area contributed by atoms with Crippen LogP contribution in [0.5, 0.6) is 0 Å². The third-order valence-electron chi connectivity index (χ3n) is 4.70. The average molecular weight is 320 g/mol. The number of nitrogens with zero attached hydrogens (tertiary/aromatic N) is 1. The zero-order valence-corrected chi connectivity index (χ0v) is 14.2. The molecule has 1 rings (SSSR count). The molecule has 1 aliphatic heterocycles. The number of likely N-dealkylation sites (tertiary alicyclic amines) is 1. The molecule has 0 amide bonds. The molecule has 1 unspecified atom stereocenters. The number of methoxy groups -OCH3 is 1. The van der Waals surface area contributed by atoms with Crippen LogP contribution in [-0.2, 0) is 14.3 Å². The van der Waals surface area contributed by atoms with E-state index in [-0.39, 0.29) is 25.9 Å². The van der Waals surface area contributed by atoms with E-state index in [1.165, 1.54) is 7.11 Å². The molecule has 7 heteroatoms. The molecule has 0 aromatic carbocycles. The van der Waals surface area contributed by atoms with E-state index in [2.05, 4.69) is 0 Å². The molecule has 22 heavy (non-hydrogen) atoms. The summed E-state index contributed by atoms with van der Waals surface area (Å²) in [5.41, 5.74) is -1.34. The van der Waals surface area contributed by atoms with E-state index < -0.39 is 27.8 Å². The van der Waals surface area contributed by atoms with Gasteiger partial charge in [0, 0.05) is 20.0 Å². The molecule has 1 atom stereocenters. The Morgan fingerprint density at radius 1 is 1.23 bits per heavy atom. The summed E-state index contributed by atoms with van der Waals surface area (Å²) in [6, 6.07) is 0. The van der Waals surface area contributed by atoms with Crippen molar-refractivity contribution in [1.82, 2.24) is 0 Å². The fraction of sp³-hybridized carbons (Fsp3) is 0.933. The number of aliphatic hydroxyl groups excluding tert-OH is 1. The number of rotatable bonds is 7. The van der Waals surface area contributed by atoms with E-state index in [9.17, 15) is 15.1 Å². The Morgan fingerprint density at radius 2 is 1.73 bits per heavy atom. The number of aliphatic carboxylic acids is 1. The number of ether oxygens (including phenoxy) is 2. The highest BCUT2D eigenvalue weighted by molar-refractivity contribution is 5.68. The van der Waals surface area contributed by atoms with Gasteiger partial charge in [0.25, 0.3) is 0 Å². The average Bonchev–Trinajstić information content (AvgIpc) is 2.33. The molecular formula is C15H30NO6+. The Bertz CT molecular complexity index is 377. The normalized spacial score (nSPS) is 31.7. The molecule has 7 nitrogen and oxygen atoms in total. The molecule has 130 valence electrons. The monoisotopic (exact) mass is 320 g/mol. The van der Waals surface area contributed by atoms with Crippen molar-refractivity contribution in [3.63, 3.8) is 0 Å². The van der Waals surface area contributed by atoms with Crippen molar-refractivity contribution in [2.45, 2.75) is 63.8 Å². The van der Waals surface area contributed by atoms with Crippen LogP contribution in [0.2, 0.25) is 0 Å². The molecule has 0 radical (unpaired) electrons. The first kappa shape index (κ1) is 19.3. The van der Waals surface area contributed by atoms with Crippen LogP contribution < -0.4 is 0 Å². The number of quaternary nitrogens is 1. The maximum Gasteiger partial charge on any atom is 0.362 e. The van der Waals surface area contributed by atoms with Crippen LogP contribution in [0.15, 0.2) is 0 Å². The first-order chi connectivity index (χ1) is 9.95. The minimum absolute atomic E-state index is 0.149. The minimum Gasteiger partial charge on any atom is -0.477 e. The quantitative estimate of drug-likeness (QED) is 0.606. The van der Waals surface area contributed by atoms with Gasteiger partial charge in [-0.1, -0.05) is 0 Å². The Morgan fingerprint density at radius 3 is 2.14 bits per heavy atom. The molecule has 0 aliphatic carbocycles. The smallest absolute Gasteiger partial charge is 0.362 e. The molecule has 1 aliphatic rings. The molecular weight excluding hydrogens is 290 g/mol. The van der Waals surface area contributed by atoms with Crippen LogP contribution in [0.25, 0.3) is 0 Å². The first-order valence-electron chi connectivity index (χ1n) is 7.56. The number of hydrogen-bond donors (Lipinski definition) is 3. The van der Waals surface area contributed by atoms with Gasteiger partial charge in [-0.3, -0.25) is 0 Å². The summed E-state index contributed by atoms with van der Waals surface area (Å²) in [6.07, 6.45) is 0.189. The van der Waals surface area contributed by atoms with E-state index in [1.54, 1.807) is 0 Å². The number of hydroxylamine groups is 3. The van der Waals surface area contributed by atoms with Crippen LogP contribution >= 0.6 is 0 Å². The van der Waals surface area contributed by atoms with Crippen LogP contribution in [-0.4, -0.2) is 76.2 Å². The standard InChI is InChI=1S/C15H29NO6/c1-14(2)6-12(22-10-11(17)9-21-5)7-15(3,4)16(14,20)8-13(18)19/h11-12,17,20H,6-10H2,1-5H3/p+1. The van der Waals surface area contributed by atoms with Crippen molar-refractivity contribution >= 4 is 5.97 Å². The summed E-state index contributed by atoms with van der Waals surface area (Å²) in [6.45, 7) is 7.40. The van der Waals surface area contributed by atoms with E-state index in [1.807, 2.05) is 27.7 Å². The Kier molecular flexibility index (Phi) is 5.97. The number of aliphatic hydroxyl groups is 1. The summed E-state index contributed by atoms with van der Waals surface area (Å²) in [5, 5.41) is 29.8. The van der Waals surface area contributed by atoms with Gasteiger partial charge in [0.15, 0.2) is 0 Å². The second-order valence-corrected chi connectivity index (χ2v) is 7.42. The highest BCUT2D eigenvalue weighted by Gasteiger charge is 2.60. The molecule has 0 aromatic heterocycles. The summed E-state index contributed by atoms with van der Waals surface area (Å²) >= 11 is 0. The molecule has 0 saturated carbocycles. The predicted molar refractivity (Wildman–Crippen MR) is 79.6 cm³/mol. The third kappa shape index (κ3) is 3.97. The molecule has 1 saturated heterocycles. The highest BCUT2D eigenvalue weighted by Crippen LogP contribution is 2.44. The fourth-order valence-corrected chi connectivity index (χ4v) is 3.54. The van der Waals surface area contributed by atoms with E-state index >= 15 is 0 Å². The largest absolute Gasteiger partial charge is 0.477 e. The van der Waals surface area contributed by atoms with Crippen molar-refractivity contribution in [3.05, 3.63) is 0 Å². The second kappa shape index (κ2) is 6.80. The summed E-state index contributed by atoms with van der Waals surface area (Å²) < 4.78 is 10.1. The number of carboxylic acids is 1. The van der Waals surface area contributed by atoms with Crippen molar-refractivity contribution in [2.75, 3.05) is 26.9 Å². The Labute approximate surface area is 132 Å². The lowest BCUT2D eigenvalue weighted by molar-refractivity contribution is -1.17. The maximum absolute atomic E-state index is 11.2. The van der Waals surface area contributed by atoms with Crippen LogP contribution in [0.3, 0.4) is 0 Å². The Balaban J connectivity index is 2.83. The van der Waals surface area contributed by atoms with Gasteiger partial charge >= 0.3 is 5.97 Å². The zero-order valence-electron chi connectivity index (χ0n) is 14.2. The van der Waals surface area contributed by atoms with Crippen molar-refractivity contribution < 1.29 is 34.3 Å². The van der Waals surface area contributed by atoms with Gasteiger partial charge in [0.05, 0.1) is 19.3 Å². The summed E-state index contributed by atoms with van der Waals surface area (Å²) in [7, 11) is 1.51. The van der Waals surface area contributed by atoms with Crippen LogP contribution in [0, 0.1) is 0 Å². The lowest BCUT2D eigenvalue weighted by Crippen LogP contribution is -2.75. The molecule has 1 heterocycles. The van der Waals surface area contributed by atoms with Gasteiger partial charge in [0.1, 0.15) is 17.2 Å². The number of hydrogen-bond acceptors (Lipinski definition) is 5. The first-order valence-corrected chi connectivity index (χ1v) is 7.56. The number of piperidine rings is 1. The molecule has 1 fully saturated rings. The maximum atomic E-state index is 11.2. The third-order valence-corrected chi connectivity index (χ3v) is 4.70. The molecule has 0 bridgehead atoms. The minimum atomic E-state index is -1.03. The molecule has 0 spiro atoms. The van der Waals surface area contributed by atoms with Gasteiger partial charge in [0.2, 0.25) is 6.54 Å². The molecule has 3 N–H and O–H groups in total. The summed E-state index contributed by atoms with van der Waals surface area (Å²) in [5.74, 6) is -1.03. The molecule has 0 aromatic rings. The fourth-order valence-electron chi connectivity index (χ4n) is 3.54. The number of carboxylic acid groups (broad SMARTS) is 1. The van der Waals surface area contributed by atoms with E-state index in [4.69, 9.17) is 14.6 Å². The van der Waals surface area contributed by atoms with Gasteiger partial charge in [-0.15, -0.1) is 0 Å². The van der Waals surface area contributed by atoms with Gasteiger partial charge in [-0.25, -0.2) is 10.0 Å². The lowest BCUT2D eigenvalue weighted by atomic mass is 9.77. The SMILES string of the molecule is COCC(O)COC1CC(C)(C)[N+](O)(CC(=O)O)C(C)(C)C1. The predicted octanol–water partition coefficient (Wildman–Crippen LogP) is 1.02. The van der Waals surface area contributed by atoms with Crippen molar-refractivity contribution in [2.24, 2.45) is 0 Å².